The Balaban J connectivity index is 2.22. The number of carbonyl (C=O) groups is 1. The number of hydrogen-bond donors (Lipinski definition) is 2. The van der Waals surface area contributed by atoms with Crippen LogP contribution in [0.5, 0.6) is 5.75 Å². The fraction of sp³-hybridized carbons (Fsp3) is 0.533. The third-order valence-corrected chi connectivity index (χ3v) is 3.64. The minimum atomic E-state index is 0.135. The maximum absolute atomic E-state index is 12.4. The van der Waals surface area contributed by atoms with Crippen molar-refractivity contribution in [2.45, 2.75) is 32.6 Å². The molecule has 1 aromatic carbocycles. The number of rotatable bonds is 3. The van der Waals surface area contributed by atoms with E-state index >= 15 is 0 Å². The van der Waals surface area contributed by atoms with Crippen LogP contribution in [-0.4, -0.2) is 24.0 Å². The zero-order chi connectivity index (χ0) is 13.1. The van der Waals surface area contributed by atoms with Crippen molar-refractivity contribution in [2.24, 2.45) is 5.92 Å². The van der Waals surface area contributed by atoms with E-state index in [9.17, 15) is 9.90 Å². The molecule has 0 saturated carbocycles. The Kier molecular flexibility index (Phi) is 4.02. The summed E-state index contributed by atoms with van der Waals surface area (Å²) in [5.41, 5.74) is 1.60. The summed E-state index contributed by atoms with van der Waals surface area (Å²) in [5, 5.41) is 13.0. The standard InChI is InChI=1S/C15H21NO2/c1-10(2)13-9-12(3-4-14(13)17)15(18)11-5-7-16-8-6-11/h3-4,9-11,16-17H,5-8H2,1-2H3. The SMILES string of the molecule is CC(C)c1cc(C(=O)C2CCNCC2)ccc1O. The van der Waals surface area contributed by atoms with E-state index < -0.39 is 0 Å². The first-order chi connectivity index (χ1) is 8.59. The Bertz CT molecular complexity index is 434. The predicted octanol–water partition coefficient (Wildman–Crippen LogP) is 2.70. The molecule has 3 heteroatoms. The summed E-state index contributed by atoms with van der Waals surface area (Å²) in [6, 6.07) is 5.24. The first-order valence-corrected chi connectivity index (χ1v) is 6.67. The van der Waals surface area contributed by atoms with Gasteiger partial charge in [0.2, 0.25) is 0 Å². The topological polar surface area (TPSA) is 49.3 Å². The van der Waals surface area contributed by atoms with Crippen molar-refractivity contribution in [3.63, 3.8) is 0 Å². The molecule has 0 atom stereocenters. The number of carbonyl (C=O) groups excluding carboxylic acids is 1. The third-order valence-electron chi connectivity index (χ3n) is 3.64. The lowest BCUT2D eigenvalue weighted by Crippen LogP contribution is -2.31. The highest BCUT2D eigenvalue weighted by Crippen LogP contribution is 2.28. The minimum Gasteiger partial charge on any atom is -0.508 e. The average Bonchev–Trinajstić information content (AvgIpc) is 2.39. The van der Waals surface area contributed by atoms with Crippen molar-refractivity contribution >= 4 is 5.78 Å². The first kappa shape index (κ1) is 13.1. The van der Waals surface area contributed by atoms with Crippen LogP contribution in [0.2, 0.25) is 0 Å². The van der Waals surface area contributed by atoms with Gasteiger partial charge in [0, 0.05) is 11.5 Å². The molecule has 2 N–H and O–H groups in total. The highest BCUT2D eigenvalue weighted by Gasteiger charge is 2.23. The van der Waals surface area contributed by atoms with Crippen LogP contribution >= 0.6 is 0 Å². The number of phenolic OH excluding ortho intramolecular Hbond substituents is 1. The monoisotopic (exact) mass is 247 g/mol. The van der Waals surface area contributed by atoms with Crippen molar-refractivity contribution in [1.29, 1.82) is 0 Å². The molecule has 2 rings (SSSR count). The van der Waals surface area contributed by atoms with Gasteiger partial charge in [-0.05, 0) is 55.6 Å². The van der Waals surface area contributed by atoms with Crippen LogP contribution in [0.1, 0.15) is 48.5 Å². The van der Waals surface area contributed by atoms with E-state index in [0.717, 1.165) is 37.1 Å². The molecule has 98 valence electrons. The Hall–Kier alpha value is -1.35. The summed E-state index contributed by atoms with van der Waals surface area (Å²) in [6.45, 7) is 5.89. The number of hydrogen-bond acceptors (Lipinski definition) is 3. The quantitative estimate of drug-likeness (QED) is 0.807. The highest BCUT2D eigenvalue weighted by molar-refractivity contribution is 5.98. The zero-order valence-electron chi connectivity index (χ0n) is 11.1. The van der Waals surface area contributed by atoms with Gasteiger partial charge in [-0.25, -0.2) is 0 Å². The lowest BCUT2D eigenvalue weighted by Gasteiger charge is -2.22. The summed E-state index contributed by atoms with van der Waals surface area (Å²) in [7, 11) is 0. The van der Waals surface area contributed by atoms with E-state index in [0.29, 0.717) is 0 Å². The van der Waals surface area contributed by atoms with Gasteiger partial charge < -0.3 is 10.4 Å². The molecule has 1 fully saturated rings. The predicted molar refractivity (Wildman–Crippen MR) is 72.1 cm³/mol. The Morgan fingerprint density at radius 1 is 1.33 bits per heavy atom. The summed E-state index contributed by atoms with van der Waals surface area (Å²) in [6.07, 6.45) is 1.83. The largest absolute Gasteiger partial charge is 0.508 e. The average molecular weight is 247 g/mol. The second kappa shape index (κ2) is 5.53. The minimum absolute atomic E-state index is 0.135. The zero-order valence-corrected chi connectivity index (χ0v) is 11.1. The lowest BCUT2D eigenvalue weighted by molar-refractivity contribution is 0.0895. The maximum atomic E-state index is 12.4. The molecule has 0 spiro atoms. The maximum Gasteiger partial charge on any atom is 0.166 e. The van der Waals surface area contributed by atoms with E-state index in [-0.39, 0.29) is 23.4 Å². The molecular weight excluding hydrogens is 226 g/mol. The van der Waals surface area contributed by atoms with Gasteiger partial charge in [-0.3, -0.25) is 4.79 Å². The number of Topliss-reactive ketones (excluding diaryl/α,β-unsaturated/α-hetero) is 1. The van der Waals surface area contributed by atoms with Crippen LogP contribution in [0, 0.1) is 5.92 Å². The van der Waals surface area contributed by atoms with Crippen LogP contribution in [0.25, 0.3) is 0 Å². The highest BCUT2D eigenvalue weighted by atomic mass is 16.3. The van der Waals surface area contributed by atoms with E-state index in [1.54, 1.807) is 12.1 Å². The molecule has 18 heavy (non-hydrogen) atoms. The summed E-state index contributed by atoms with van der Waals surface area (Å²) < 4.78 is 0. The van der Waals surface area contributed by atoms with Crippen LogP contribution in [0.3, 0.4) is 0 Å². The first-order valence-electron chi connectivity index (χ1n) is 6.67. The van der Waals surface area contributed by atoms with E-state index in [2.05, 4.69) is 5.32 Å². The Labute approximate surface area is 108 Å². The van der Waals surface area contributed by atoms with Gasteiger partial charge in [-0.2, -0.15) is 0 Å². The van der Waals surface area contributed by atoms with Crippen LogP contribution in [-0.2, 0) is 0 Å². The molecule has 1 aliphatic heterocycles. The van der Waals surface area contributed by atoms with Crippen LogP contribution in [0.15, 0.2) is 18.2 Å². The van der Waals surface area contributed by atoms with Gasteiger partial charge in [-0.15, -0.1) is 0 Å². The van der Waals surface area contributed by atoms with Crippen molar-refractivity contribution in [3.05, 3.63) is 29.3 Å². The summed E-state index contributed by atoms with van der Waals surface area (Å²) >= 11 is 0. The van der Waals surface area contributed by atoms with Gasteiger partial charge in [0.25, 0.3) is 0 Å². The van der Waals surface area contributed by atoms with E-state index in [1.165, 1.54) is 0 Å². The van der Waals surface area contributed by atoms with E-state index in [1.807, 2.05) is 19.9 Å². The summed E-state index contributed by atoms with van der Waals surface area (Å²) in [4.78, 5) is 12.4. The molecule has 0 unspecified atom stereocenters. The van der Waals surface area contributed by atoms with Crippen molar-refractivity contribution < 1.29 is 9.90 Å². The van der Waals surface area contributed by atoms with Crippen LogP contribution < -0.4 is 5.32 Å². The molecule has 0 aliphatic carbocycles. The molecule has 0 aromatic heterocycles. The molecule has 3 nitrogen and oxygen atoms in total. The second-order valence-corrected chi connectivity index (χ2v) is 5.32. The summed E-state index contributed by atoms with van der Waals surface area (Å²) in [5.74, 6) is 0.867. The van der Waals surface area contributed by atoms with Crippen molar-refractivity contribution in [3.8, 4) is 5.75 Å². The van der Waals surface area contributed by atoms with Gasteiger partial charge in [0.15, 0.2) is 5.78 Å². The van der Waals surface area contributed by atoms with Crippen molar-refractivity contribution in [1.82, 2.24) is 5.32 Å². The number of nitrogens with one attached hydrogen (secondary N) is 1. The molecule has 1 aliphatic rings. The normalized spacial score (nSPS) is 17.1. The molecule has 1 saturated heterocycles. The van der Waals surface area contributed by atoms with E-state index in [4.69, 9.17) is 0 Å². The molecule has 1 heterocycles. The fourth-order valence-electron chi connectivity index (χ4n) is 2.49. The van der Waals surface area contributed by atoms with Gasteiger partial charge in [0.05, 0.1) is 0 Å². The number of phenols is 1. The van der Waals surface area contributed by atoms with Crippen LogP contribution in [0.4, 0.5) is 0 Å². The van der Waals surface area contributed by atoms with Gasteiger partial charge >= 0.3 is 0 Å². The van der Waals surface area contributed by atoms with Gasteiger partial charge in [0.1, 0.15) is 5.75 Å². The molecule has 0 radical (unpaired) electrons. The van der Waals surface area contributed by atoms with Gasteiger partial charge in [-0.1, -0.05) is 13.8 Å². The molecular formula is C15H21NO2. The second-order valence-electron chi connectivity index (χ2n) is 5.32. The van der Waals surface area contributed by atoms with Crippen molar-refractivity contribution in [2.75, 3.05) is 13.1 Å². The number of benzene rings is 1. The lowest BCUT2D eigenvalue weighted by atomic mass is 9.88. The number of aromatic hydroxyl groups is 1. The smallest absolute Gasteiger partial charge is 0.166 e. The number of ketones is 1. The molecule has 0 bridgehead atoms. The Morgan fingerprint density at radius 2 is 2.00 bits per heavy atom. The number of piperidine rings is 1. The Morgan fingerprint density at radius 3 is 2.61 bits per heavy atom. The third kappa shape index (κ3) is 2.72. The fourth-order valence-corrected chi connectivity index (χ4v) is 2.49. The molecule has 0 amide bonds. The molecule has 1 aromatic rings.